The minimum atomic E-state index is 0.455. The van der Waals surface area contributed by atoms with E-state index in [0.29, 0.717) is 35.4 Å². The standard InChI is InChI=1S/C20H15ClN8O/c1-27-8-12-6-16-19(20-24-17(30-26-20)9-28-5-4-22-10-28)23-11-29(16)15-3-2-13(21)7-14(15)18(12)25-27/h2-5,7-8,10-11H,6,9H2,1H3. The number of fused-ring (bicyclic) bond motifs is 5. The van der Waals surface area contributed by atoms with Crippen LogP contribution in [0.25, 0.3) is 28.5 Å². The molecule has 5 aromatic rings. The van der Waals surface area contributed by atoms with Crippen molar-refractivity contribution in [1.82, 2.24) is 39.0 Å². The molecule has 30 heavy (non-hydrogen) atoms. The molecule has 0 saturated carbocycles. The van der Waals surface area contributed by atoms with Crippen molar-refractivity contribution in [2.45, 2.75) is 13.0 Å². The second-order valence-electron chi connectivity index (χ2n) is 7.17. The highest BCUT2D eigenvalue weighted by atomic mass is 35.5. The molecule has 10 heteroatoms. The topological polar surface area (TPSA) is 92.4 Å². The Morgan fingerprint density at radius 3 is 3.00 bits per heavy atom. The lowest BCUT2D eigenvalue weighted by atomic mass is 10.0. The van der Waals surface area contributed by atoms with Crippen LogP contribution in [0.1, 0.15) is 17.1 Å². The molecule has 1 aliphatic heterocycles. The van der Waals surface area contributed by atoms with E-state index in [-0.39, 0.29) is 0 Å². The van der Waals surface area contributed by atoms with E-state index in [1.807, 2.05) is 46.9 Å². The Labute approximate surface area is 175 Å². The molecule has 6 rings (SSSR count). The Kier molecular flexibility index (Phi) is 3.66. The minimum Gasteiger partial charge on any atom is -0.337 e. The van der Waals surface area contributed by atoms with Gasteiger partial charge >= 0.3 is 0 Å². The largest absolute Gasteiger partial charge is 0.337 e. The van der Waals surface area contributed by atoms with Crippen LogP contribution in [-0.2, 0) is 20.0 Å². The molecule has 0 N–H and O–H groups in total. The maximum absolute atomic E-state index is 6.29. The molecule has 0 unspecified atom stereocenters. The van der Waals surface area contributed by atoms with Crippen LogP contribution >= 0.6 is 11.6 Å². The third kappa shape index (κ3) is 2.66. The van der Waals surface area contributed by atoms with Gasteiger partial charge in [0.2, 0.25) is 11.7 Å². The summed E-state index contributed by atoms with van der Waals surface area (Å²) in [5.74, 6) is 0.953. The highest BCUT2D eigenvalue weighted by Gasteiger charge is 2.27. The zero-order valence-electron chi connectivity index (χ0n) is 15.9. The number of rotatable bonds is 3. The summed E-state index contributed by atoms with van der Waals surface area (Å²) in [6.45, 7) is 0.455. The lowest BCUT2D eigenvalue weighted by Gasteiger charge is -2.09. The normalized spacial score (nSPS) is 12.3. The Morgan fingerprint density at radius 1 is 1.20 bits per heavy atom. The first kappa shape index (κ1) is 17.2. The van der Waals surface area contributed by atoms with Gasteiger partial charge in [-0.2, -0.15) is 10.1 Å². The summed E-state index contributed by atoms with van der Waals surface area (Å²) in [6, 6.07) is 5.79. The molecule has 5 heterocycles. The Balaban J connectivity index is 1.48. The number of hydrogen-bond acceptors (Lipinski definition) is 6. The summed E-state index contributed by atoms with van der Waals surface area (Å²) < 4.78 is 11.2. The van der Waals surface area contributed by atoms with E-state index in [9.17, 15) is 0 Å². The summed E-state index contributed by atoms with van der Waals surface area (Å²) in [4.78, 5) is 13.2. The summed E-state index contributed by atoms with van der Waals surface area (Å²) in [5.41, 5.74) is 5.60. The summed E-state index contributed by atoms with van der Waals surface area (Å²) >= 11 is 6.29. The van der Waals surface area contributed by atoms with Gasteiger partial charge in [0.15, 0.2) is 0 Å². The molecule has 1 aromatic carbocycles. The van der Waals surface area contributed by atoms with Crippen LogP contribution in [0.2, 0.25) is 5.02 Å². The fraction of sp³-hybridized carbons (Fsp3) is 0.150. The Hall–Kier alpha value is -3.72. The van der Waals surface area contributed by atoms with E-state index in [1.54, 1.807) is 18.9 Å². The predicted molar refractivity (Wildman–Crippen MR) is 108 cm³/mol. The van der Waals surface area contributed by atoms with Gasteiger partial charge in [-0.3, -0.25) is 4.68 Å². The van der Waals surface area contributed by atoms with Gasteiger partial charge in [0.25, 0.3) is 0 Å². The average molecular weight is 419 g/mol. The molecule has 0 fully saturated rings. The van der Waals surface area contributed by atoms with Crippen molar-refractivity contribution in [1.29, 1.82) is 0 Å². The van der Waals surface area contributed by atoms with E-state index in [0.717, 1.165) is 28.2 Å². The van der Waals surface area contributed by atoms with E-state index < -0.39 is 0 Å². The van der Waals surface area contributed by atoms with Gasteiger partial charge < -0.3 is 13.7 Å². The molecular weight excluding hydrogens is 404 g/mol. The smallest absolute Gasteiger partial charge is 0.246 e. The number of imidazole rings is 2. The van der Waals surface area contributed by atoms with E-state index in [2.05, 4.69) is 29.8 Å². The van der Waals surface area contributed by atoms with Gasteiger partial charge in [0, 0.05) is 48.2 Å². The molecule has 0 spiro atoms. The Morgan fingerprint density at radius 2 is 2.13 bits per heavy atom. The molecule has 0 aliphatic carbocycles. The lowest BCUT2D eigenvalue weighted by Crippen LogP contribution is -2.01. The highest BCUT2D eigenvalue weighted by molar-refractivity contribution is 6.31. The van der Waals surface area contributed by atoms with Crippen molar-refractivity contribution in [2.75, 3.05) is 0 Å². The second-order valence-corrected chi connectivity index (χ2v) is 7.61. The van der Waals surface area contributed by atoms with E-state index in [4.69, 9.17) is 16.1 Å². The van der Waals surface area contributed by atoms with Crippen LogP contribution in [0, 0.1) is 0 Å². The lowest BCUT2D eigenvalue weighted by molar-refractivity contribution is 0.371. The molecule has 0 bridgehead atoms. The van der Waals surface area contributed by atoms with Crippen molar-refractivity contribution < 1.29 is 4.52 Å². The Bertz CT molecular complexity index is 1380. The zero-order valence-corrected chi connectivity index (χ0v) is 16.7. The predicted octanol–water partition coefficient (Wildman–Crippen LogP) is 3.13. The fourth-order valence-corrected chi connectivity index (χ4v) is 4.04. The van der Waals surface area contributed by atoms with Gasteiger partial charge in [-0.1, -0.05) is 16.8 Å². The zero-order chi connectivity index (χ0) is 20.2. The first-order chi connectivity index (χ1) is 14.7. The molecule has 0 amide bonds. The average Bonchev–Trinajstić information content (AvgIpc) is 3.50. The fourth-order valence-electron chi connectivity index (χ4n) is 3.87. The number of nitrogens with zero attached hydrogens (tertiary/aromatic N) is 8. The maximum Gasteiger partial charge on any atom is 0.246 e. The van der Waals surface area contributed by atoms with Crippen LogP contribution in [-0.4, -0.2) is 39.0 Å². The molecule has 1 aliphatic rings. The van der Waals surface area contributed by atoms with Crippen molar-refractivity contribution in [3.8, 4) is 28.5 Å². The molecule has 0 radical (unpaired) electrons. The van der Waals surface area contributed by atoms with Crippen molar-refractivity contribution in [3.63, 3.8) is 0 Å². The van der Waals surface area contributed by atoms with Crippen LogP contribution in [0.3, 0.4) is 0 Å². The summed E-state index contributed by atoms with van der Waals surface area (Å²) in [6.07, 6.45) is 9.71. The number of aryl methyl sites for hydroxylation is 1. The molecular formula is C20H15ClN8O. The van der Waals surface area contributed by atoms with Gasteiger partial charge in [-0.15, -0.1) is 0 Å². The maximum atomic E-state index is 6.29. The van der Waals surface area contributed by atoms with Crippen LogP contribution in [0.5, 0.6) is 0 Å². The molecule has 0 atom stereocenters. The van der Waals surface area contributed by atoms with Crippen molar-refractivity contribution in [3.05, 3.63) is 71.6 Å². The summed E-state index contributed by atoms with van der Waals surface area (Å²) in [7, 11) is 1.92. The number of hydrogen-bond donors (Lipinski definition) is 0. The van der Waals surface area contributed by atoms with Crippen LogP contribution < -0.4 is 0 Å². The first-order valence-corrected chi connectivity index (χ1v) is 9.71. The first-order valence-electron chi connectivity index (χ1n) is 9.33. The number of halogens is 1. The second kappa shape index (κ2) is 6.39. The van der Waals surface area contributed by atoms with Crippen molar-refractivity contribution >= 4 is 11.6 Å². The molecule has 4 aromatic heterocycles. The SMILES string of the molecule is Cn1cc2c(n1)-c1cc(Cl)ccc1-n1cnc(-c3noc(Cn4ccnc4)n3)c1C2. The number of benzene rings is 1. The van der Waals surface area contributed by atoms with Crippen LogP contribution in [0.15, 0.2) is 54.0 Å². The van der Waals surface area contributed by atoms with Gasteiger partial charge in [-0.25, -0.2) is 9.97 Å². The minimum absolute atomic E-state index is 0.455. The third-order valence-electron chi connectivity index (χ3n) is 5.16. The van der Waals surface area contributed by atoms with Crippen LogP contribution in [0.4, 0.5) is 0 Å². The van der Waals surface area contributed by atoms with Gasteiger partial charge in [0.1, 0.15) is 18.6 Å². The van der Waals surface area contributed by atoms with E-state index >= 15 is 0 Å². The van der Waals surface area contributed by atoms with Crippen molar-refractivity contribution in [2.24, 2.45) is 7.05 Å². The molecule has 9 nitrogen and oxygen atoms in total. The van der Waals surface area contributed by atoms with E-state index in [1.165, 1.54) is 0 Å². The number of aromatic nitrogens is 8. The summed E-state index contributed by atoms with van der Waals surface area (Å²) in [5, 5.41) is 9.51. The third-order valence-corrected chi connectivity index (χ3v) is 5.39. The van der Waals surface area contributed by atoms with Gasteiger partial charge in [0.05, 0.1) is 23.4 Å². The monoisotopic (exact) mass is 418 g/mol. The quantitative estimate of drug-likeness (QED) is 0.438. The van der Waals surface area contributed by atoms with Gasteiger partial charge in [-0.05, 0) is 18.2 Å². The molecule has 0 saturated heterocycles. The molecule has 148 valence electrons. The highest BCUT2D eigenvalue weighted by Crippen LogP contribution is 2.38.